The van der Waals surface area contributed by atoms with E-state index in [0.29, 0.717) is 6.54 Å². The zero-order chi connectivity index (χ0) is 14.4. The van der Waals surface area contributed by atoms with Crippen LogP contribution in [-0.2, 0) is 6.54 Å². The van der Waals surface area contributed by atoms with Gasteiger partial charge in [0, 0.05) is 31.7 Å². The molecule has 0 radical (unpaired) electrons. The number of hydrogen-bond acceptors (Lipinski definition) is 3. The van der Waals surface area contributed by atoms with Crippen LogP contribution < -0.4 is 11.1 Å². The maximum absolute atomic E-state index is 12.3. The summed E-state index contributed by atoms with van der Waals surface area (Å²) in [5, 5.41) is 2.97. The third-order valence-electron chi connectivity index (χ3n) is 4.08. The van der Waals surface area contributed by atoms with Gasteiger partial charge in [-0.1, -0.05) is 30.3 Å². The number of halogens is 2. The summed E-state index contributed by atoms with van der Waals surface area (Å²) < 4.78 is 24.7. The summed E-state index contributed by atoms with van der Waals surface area (Å²) >= 11 is 0. The summed E-state index contributed by atoms with van der Waals surface area (Å²) in [5.41, 5.74) is 6.77. The predicted octanol–water partition coefficient (Wildman–Crippen LogP) is 1.83. The van der Waals surface area contributed by atoms with E-state index in [9.17, 15) is 8.78 Å². The Morgan fingerprint density at radius 1 is 1.20 bits per heavy atom. The minimum atomic E-state index is -2.32. The second kappa shape index (κ2) is 7.11. The molecular formula is C15H23F2N3. The van der Waals surface area contributed by atoms with Gasteiger partial charge >= 0.3 is 0 Å². The minimum absolute atomic E-state index is 0.268. The van der Waals surface area contributed by atoms with Crippen molar-refractivity contribution in [3.8, 4) is 0 Å². The van der Waals surface area contributed by atoms with E-state index in [1.54, 1.807) is 0 Å². The van der Waals surface area contributed by atoms with Crippen LogP contribution in [0.1, 0.15) is 18.4 Å². The third-order valence-corrected chi connectivity index (χ3v) is 4.08. The normalized spacial score (nSPS) is 19.4. The largest absolute Gasteiger partial charge is 0.329 e. The summed E-state index contributed by atoms with van der Waals surface area (Å²) in [5.74, 6) is 0. The molecular weight excluding hydrogens is 260 g/mol. The number of rotatable bonds is 6. The Balaban J connectivity index is 1.84. The van der Waals surface area contributed by atoms with Gasteiger partial charge in [0.2, 0.25) is 0 Å². The molecule has 0 saturated carbocycles. The Morgan fingerprint density at radius 2 is 1.85 bits per heavy atom. The Morgan fingerprint density at radius 3 is 2.40 bits per heavy atom. The van der Waals surface area contributed by atoms with E-state index in [-0.39, 0.29) is 12.1 Å². The standard InChI is InChI=1S/C15H23F2N3/c16-14(17)10-19-15(12-18)6-8-20(9-7-15)11-13-4-2-1-3-5-13/h1-5,14,19H,6-12,18H2. The number of likely N-dealkylation sites (tertiary alicyclic amines) is 1. The van der Waals surface area contributed by atoms with Gasteiger partial charge in [-0.2, -0.15) is 0 Å². The topological polar surface area (TPSA) is 41.3 Å². The van der Waals surface area contributed by atoms with E-state index < -0.39 is 6.43 Å². The zero-order valence-corrected chi connectivity index (χ0v) is 11.7. The molecule has 1 aromatic rings. The van der Waals surface area contributed by atoms with Gasteiger partial charge in [0.25, 0.3) is 6.43 Å². The van der Waals surface area contributed by atoms with Gasteiger partial charge in [-0.05, 0) is 18.4 Å². The highest BCUT2D eigenvalue weighted by Gasteiger charge is 2.33. The van der Waals surface area contributed by atoms with Crippen molar-refractivity contribution < 1.29 is 8.78 Å². The first kappa shape index (κ1) is 15.4. The Hall–Kier alpha value is -1.04. The molecule has 1 saturated heterocycles. The fourth-order valence-electron chi connectivity index (χ4n) is 2.73. The summed E-state index contributed by atoms with van der Waals surface area (Å²) in [6.45, 7) is 2.84. The van der Waals surface area contributed by atoms with E-state index in [1.807, 2.05) is 18.2 Å². The highest BCUT2D eigenvalue weighted by molar-refractivity contribution is 5.14. The SMILES string of the molecule is NCC1(NCC(F)F)CCN(Cc2ccccc2)CC1. The van der Waals surface area contributed by atoms with Crippen molar-refractivity contribution in [1.82, 2.24) is 10.2 Å². The molecule has 0 aromatic heterocycles. The first-order valence-corrected chi connectivity index (χ1v) is 7.13. The fourth-order valence-corrected chi connectivity index (χ4v) is 2.73. The van der Waals surface area contributed by atoms with Crippen molar-refractivity contribution in [1.29, 1.82) is 0 Å². The molecule has 1 heterocycles. The van der Waals surface area contributed by atoms with Crippen LogP contribution in [0.3, 0.4) is 0 Å². The average molecular weight is 283 g/mol. The lowest BCUT2D eigenvalue weighted by Gasteiger charge is -2.42. The molecule has 1 aliphatic rings. The van der Waals surface area contributed by atoms with E-state index in [4.69, 9.17) is 5.73 Å². The number of hydrogen-bond donors (Lipinski definition) is 2. The first-order valence-electron chi connectivity index (χ1n) is 7.13. The molecule has 112 valence electrons. The quantitative estimate of drug-likeness (QED) is 0.837. The molecule has 1 fully saturated rings. The molecule has 3 nitrogen and oxygen atoms in total. The van der Waals surface area contributed by atoms with E-state index in [0.717, 1.165) is 32.5 Å². The third kappa shape index (κ3) is 4.23. The smallest absolute Gasteiger partial charge is 0.250 e. The lowest BCUT2D eigenvalue weighted by molar-refractivity contribution is 0.0953. The maximum Gasteiger partial charge on any atom is 0.250 e. The lowest BCUT2D eigenvalue weighted by Crippen LogP contribution is -2.58. The van der Waals surface area contributed by atoms with Crippen LogP contribution in [0.2, 0.25) is 0 Å². The fraction of sp³-hybridized carbons (Fsp3) is 0.600. The highest BCUT2D eigenvalue weighted by atomic mass is 19.3. The van der Waals surface area contributed by atoms with Crippen molar-refractivity contribution in [2.75, 3.05) is 26.2 Å². The summed E-state index contributed by atoms with van der Waals surface area (Å²) in [6.07, 6.45) is -0.674. The van der Waals surface area contributed by atoms with Crippen LogP contribution in [0.5, 0.6) is 0 Å². The molecule has 2 rings (SSSR count). The van der Waals surface area contributed by atoms with Crippen molar-refractivity contribution >= 4 is 0 Å². The molecule has 20 heavy (non-hydrogen) atoms. The molecule has 0 spiro atoms. The molecule has 1 aliphatic heterocycles. The van der Waals surface area contributed by atoms with Crippen LogP contribution in [0.15, 0.2) is 30.3 Å². The van der Waals surface area contributed by atoms with Crippen LogP contribution in [0, 0.1) is 0 Å². The van der Waals surface area contributed by atoms with Crippen molar-refractivity contribution in [3.63, 3.8) is 0 Å². The molecule has 3 N–H and O–H groups in total. The minimum Gasteiger partial charge on any atom is -0.329 e. The van der Waals surface area contributed by atoms with E-state index in [1.165, 1.54) is 5.56 Å². The van der Waals surface area contributed by atoms with Crippen molar-refractivity contribution in [3.05, 3.63) is 35.9 Å². The van der Waals surface area contributed by atoms with Gasteiger partial charge in [-0.15, -0.1) is 0 Å². The summed E-state index contributed by atoms with van der Waals surface area (Å²) in [7, 11) is 0. The Labute approximate surface area is 119 Å². The number of nitrogens with two attached hydrogens (primary N) is 1. The van der Waals surface area contributed by atoms with Gasteiger partial charge in [0.15, 0.2) is 0 Å². The lowest BCUT2D eigenvalue weighted by atomic mass is 9.87. The molecule has 0 amide bonds. The van der Waals surface area contributed by atoms with Gasteiger partial charge in [0.1, 0.15) is 0 Å². The monoisotopic (exact) mass is 283 g/mol. The van der Waals surface area contributed by atoms with Gasteiger partial charge in [-0.3, -0.25) is 4.90 Å². The molecule has 1 aromatic carbocycles. The van der Waals surface area contributed by atoms with E-state index >= 15 is 0 Å². The highest BCUT2D eigenvalue weighted by Crippen LogP contribution is 2.22. The van der Waals surface area contributed by atoms with Gasteiger partial charge in [-0.25, -0.2) is 8.78 Å². The second-order valence-electron chi connectivity index (χ2n) is 5.52. The van der Waals surface area contributed by atoms with Crippen LogP contribution >= 0.6 is 0 Å². The summed E-state index contributed by atoms with van der Waals surface area (Å²) in [4.78, 5) is 2.35. The second-order valence-corrected chi connectivity index (χ2v) is 5.52. The van der Waals surface area contributed by atoms with Crippen LogP contribution in [0.4, 0.5) is 8.78 Å². The molecule has 0 aliphatic carbocycles. The molecule has 0 atom stereocenters. The number of benzene rings is 1. The summed E-state index contributed by atoms with van der Waals surface area (Å²) in [6, 6.07) is 10.3. The number of nitrogens with one attached hydrogen (secondary N) is 1. The van der Waals surface area contributed by atoms with Gasteiger partial charge < -0.3 is 11.1 Å². The Bertz CT molecular complexity index is 389. The van der Waals surface area contributed by atoms with E-state index in [2.05, 4.69) is 22.3 Å². The van der Waals surface area contributed by atoms with Crippen molar-refractivity contribution in [2.45, 2.75) is 31.4 Å². The van der Waals surface area contributed by atoms with Crippen molar-refractivity contribution in [2.24, 2.45) is 5.73 Å². The molecule has 5 heteroatoms. The first-order chi connectivity index (χ1) is 9.63. The molecule has 0 bridgehead atoms. The number of nitrogens with zero attached hydrogens (tertiary/aromatic N) is 1. The number of piperidine rings is 1. The van der Waals surface area contributed by atoms with Gasteiger partial charge in [0.05, 0.1) is 6.54 Å². The predicted molar refractivity (Wildman–Crippen MR) is 76.7 cm³/mol. The zero-order valence-electron chi connectivity index (χ0n) is 11.7. The van der Waals surface area contributed by atoms with Crippen LogP contribution in [-0.4, -0.2) is 43.0 Å². The van der Waals surface area contributed by atoms with Crippen LogP contribution in [0.25, 0.3) is 0 Å². The molecule has 0 unspecified atom stereocenters. The Kier molecular flexibility index (Phi) is 5.46. The maximum atomic E-state index is 12.3. The number of alkyl halides is 2. The average Bonchev–Trinajstić information content (AvgIpc) is 2.48.